The summed E-state index contributed by atoms with van der Waals surface area (Å²) in [5.74, 6) is -1.74. The average Bonchev–Trinajstić information content (AvgIpc) is 2.70. The van der Waals surface area contributed by atoms with Crippen molar-refractivity contribution in [3.05, 3.63) is 34.9 Å². The standard InChI is InChI=1S/C19H26F2N2O5S/c1-22-18(24)13-28-19(4-7-27-8-5-19)15-11-16(20)14(10-17(15)21)12-23-6-2-3-9-29(23,25)26/h10-11H,2-9,12-13H2,1H3,(H,22,24). The van der Waals surface area contributed by atoms with Crippen LogP contribution in [0, 0.1) is 11.6 Å². The van der Waals surface area contributed by atoms with Gasteiger partial charge >= 0.3 is 0 Å². The van der Waals surface area contributed by atoms with Crippen LogP contribution in [0.2, 0.25) is 0 Å². The highest BCUT2D eigenvalue weighted by molar-refractivity contribution is 7.89. The predicted octanol–water partition coefficient (Wildman–Crippen LogP) is 1.66. The second-order valence-corrected chi connectivity index (χ2v) is 9.44. The first kappa shape index (κ1) is 22.1. The van der Waals surface area contributed by atoms with Crippen molar-refractivity contribution in [3.8, 4) is 0 Å². The smallest absolute Gasteiger partial charge is 0.245 e. The van der Waals surface area contributed by atoms with Gasteiger partial charge in [-0.05, 0) is 25.0 Å². The number of carbonyl (C=O) groups is 1. The molecule has 2 saturated heterocycles. The molecule has 0 atom stereocenters. The molecule has 2 aliphatic rings. The quantitative estimate of drug-likeness (QED) is 0.739. The fourth-order valence-corrected chi connectivity index (χ4v) is 5.31. The van der Waals surface area contributed by atoms with Gasteiger partial charge in [-0.25, -0.2) is 17.2 Å². The van der Waals surface area contributed by atoms with Crippen LogP contribution in [0.4, 0.5) is 8.78 Å². The van der Waals surface area contributed by atoms with E-state index in [1.165, 1.54) is 11.4 Å². The second-order valence-electron chi connectivity index (χ2n) is 7.35. The van der Waals surface area contributed by atoms with E-state index in [9.17, 15) is 17.6 Å². The third-order valence-electron chi connectivity index (χ3n) is 5.49. The van der Waals surface area contributed by atoms with Gasteiger partial charge in [-0.1, -0.05) is 0 Å². The summed E-state index contributed by atoms with van der Waals surface area (Å²) in [6, 6.07) is 2.10. The number of hydrogen-bond acceptors (Lipinski definition) is 5. The predicted molar refractivity (Wildman–Crippen MR) is 102 cm³/mol. The van der Waals surface area contributed by atoms with Gasteiger partial charge in [0.05, 0.1) is 5.75 Å². The summed E-state index contributed by atoms with van der Waals surface area (Å²) in [4.78, 5) is 11.6. The van der Waals surface area contributed by atoms with E-state index < -0.39 is 27.3 Å². The van der Waals surface area contributed by atoms with Crippen molar-refractivity contribution in [1.29, 1.82) is 0 Å². The van der Waals surface area contributed by atoms with Gasteiger partial charge in [0.1, 0.15) is 23.8 Å². The maximum Gasteiger partial charge on any atom is 0.245 e. The van der Waals surface area contributed by atoms with Gasteiger partial charge in [0.15, 0.2) is 0 Å². The van der Waals surface area contributed by atoms with Crippen LogP contribution in [0.3, 0.4) is 0 Å². The molecule has 10 heteroatoms. The van der Waals surface area contributed by atoms with E-state index in [0.29, 0.717) is 32.6 Å². The highest BCUT2D eigenvalue weighted by atomic mass is 32.2. The highest BCUT2D eigenvalue weighted by Crippen LogP contribution is 2.38. The molecule has 0 spiro atoms. The van der Waals surface area contributed by atoms with Crippen LogP contribution >= 0.6 is 0 Å². The molecule has 1 aromatic rings. The summed E-state index contributed by atoms with van der Waals surface area (Å²) in [6.45, 7) is 0.388. The average molecular weight is 432 g/mol. The monoisotopic (exact) mass is 432 g/mol. The highest BCUT2D eigenvalue weighted by Gasteiger charge is 2.39. The van der Waals surface area contributed by atoms with Crippen molar-refractivity contribution < 1.29 is 31.5 Å². The minimum Gasteiger partial charge on any atom is -0.381 e. The van der Waals surface area contributed by atoms with E-state index in [-0.39, 0.29) is 48.8 Å². The minimum atomic E-state index is -3.46. The Balaban J connectivity index is 1.89. The van der Waals surface area contributed by atoms with Crippen molar-refractivity contribution in [2.45, 2.75) is 37.8 Å². The number of halogens is 2. The molecule has 2 heterocycles. The molecule has 2 aliphatic heterocycles. The molecular formula is C19H26F2N2O5S. The van der Waals surface area contributed by atoms with Crippen LogP contribution in [0.25, 0.3) is 0 Å². The lowest BCUT2D eigenvalue weighted by atomic mass is 9.85. The molecule has 2 fully saturated rings. The molecule has 0 radical (unpaired) electrons. The van der Waals surface area contributed by atoms with Crippen LogP contribution in [-0.4, -0.2) is 57.8 Å². The third kappa shape index (κ3) is 4.93. The van der Waals surface area contributed by atoms with E-state index >= 15 is 4.39 Å². The number of hydrogen-bond donors (Lipinski definition) is 1. The molecule has 0 aromatic heterocycles. The molecule has 0 saturated carbocycles. The van der Waals surface area contributed by atoms with Crippen molar-refractivity contribution in [1.82, 2.24) is 9.62 Å². The number of nitrogens with one attached hydrogen (secondary N) is 1. The summed E-state index contributed by atoms with van der Waals surface area (Å²) in [7, 11) is -1.99. The molecule has 0 bridgehead atoms. The summed E-state index contributed by atoms with van der Waals surface area (Å²) < 4.78 is 66.5. The largest absolute Gasteiger partial charge is 0.381 e. The maximum absolute atomic E-state index is 15.1. The molecule has 0 aliphatic carbocycles. The number of rotatable bonds is 6. The first-order chi connectivity index (χ1) is 13.8. The fraction of sp³-hybridized carbons (Fsp3) is 0.632. The Hall–Kier alpha value is -1.62. The zero-order valence-electron chi connectivity index (χ0n) is 16.4. The number of likely N-dealkylation sites (N-methyl/N-ethyl adjacent to an activating group) is 1. The number of ether oxygens (including phenoxy) is 2. The molecule has 0 unspecified atom stereocenters. The minimum absolute atomic E-state index is 0.0195. The van der Waals surface area contributed by atoms with E-state index in [1.807, 2.05) is 0 Å². The molecule has 1 aromatic carbocycles. The van der Waals surface area contributed by atoms with Gasteiger partial charge in [0.2, 0.25) is 15.9 Å². The van der Waals surface area contributed by atoms with E-state index in [1.54, 1.807) is 0 Å². The Morgan fingerprint density at radius 1 is 1.24 bits per heavy atom. The van der Waals surface area contributed by atoms with Crippen LogP contribution in [0.15, 0.2) is 12.1 Å². The Morgan fingerprint density at radius 3 is 2.62 bits per heavy atom. The molecule has 162 valence electrons. The van der Waals surface area contributed by atoms with Crippen LogP contribution in [-0.2, 0) is 36.4 Å². The van der Waals surface area contributed by atoms with Crippen LogP contribution < -0.4 is 5.32 Å². The number of amides is 1. The molecule has 3 rings (SSSR count). The molecule has 7 nitrogen and oxygen atoms in total. The van der Waals surface area contributed by atoms with E-state index in [2.05, 4.69) is 5.32 Å². The SMILES string of the molecule is CNC(=O)COC1(c2cc(F)c(CN3CCCCS3(=O)=O)cc2F)CCOCC1. The molecule has 1 N–H and O–H groups in total. The van der Waals surface area contributed by atoms with Gasteiger partial charge in [0.25, 0.3) is 0 Å². The number of carbonyl (C=O) groups excluding carboxylic acids is 1. The second kappa shape index (κ2) is 9.03. The van der Waals surface area contributed by atoms with Gasteiger partial charge in [-0.15, -0.1) is 0 Å². The van der Waals surface area contributed by atoms with Crippen molar-refractivity contribution >= 4 is 15.9 Å². The maximum atomic E-state index is 15.1. The lowest BCUT2D eigenvalue weighted by Gasteiger charge is -2.37. The van der Waals surface area contributed by atoms with Crippen LogP contribution in [0.1, 0.15) is 36.8 Å². The third-order valence-corrected chi connectivity index (χ3v) is 7.39. The Labute approximate surface area is 169 Å². The Morgan fingerprint density at radius 2 is 1.97 bits per heavy atom. The number of nitrogens with zero attached hydrogens (tertiary/aromatic N) is 1. The summed E-state index contributed by atoms with van der Waals surface area (Å²) in [5, 5.41) is 2.44. The zero-order valence-corrected chi connectivity index (χ0v) is 17.2. The number of benzene rings is 1. The molecule has 1 amide bonds. The van der Waals surface area contributed by atoms with Crippen molar-refractivity contribution in [2.75, 3.05) is 39.2 Å². The number of sulfonamides is 1. The Kier molecular flexibility index (Phi) is 6.87. The lowest BCUT2D eigenvalue weighted by molar-refractivity contribution is -0.146. The summed E-state index contributed by atoms with van der Waals surface area (Å²) in [5.41, 5.74) is -1.18. The van der Waals surface area contributed by atoms with Crippen LogP contribution in [0.5, 0.6) is 0 Å². The van der Waals surface area contributed by atoms with E-state index in [4.69, 9.17) is 9.47 Å². The van der Waals surface area contributed by atoms with Crippen molar-refractivity contribution in [3.63, 3.8) is 0 Å². The molecule has 29 heavy (non-hydrogen) atoms. The first-order valence-electron chi connectivity index (χ1n) is 9.66. The normalized spacial score (nSPS) is 21.6. The van der Waals surface area contributed by atoms with Gasteiger partial charge in [-0.2, -0.15) is 4.31 Å². The fourth-order valence-electron chi connectivity index (χ4n) is 3.73. The van der Waals surface area contributed by atoms with E-state index in [0.717, 1.165) is 12.1 Å². The lowest BCUT2D eigenvalue weighted by Crippen LogP contribution is -2.40. The Bertz CT molecular complexity index is 856. The van der Waals surface area contributed by atoms with Gasteiger partial charge < -0.3 is 14.8 Å². The zero-order chi connectivity index (χ0) is 21.1. The summed E-state index contributed by atoms with van der Waals surface area (Å²) >= 11 is 0. The summed E-state index contributed by atoms with van der Waals surface area (Å²) in [6.07, 6.45) is 1.82. The van der Waals surface area contributed by atoms with Crippen molar-refractivity contribution in [2.24, 2.45) is 0 Å². The van der Waals surface area contributed by atoms with Gasteiger partial charge in [0, 0.05) is 57.3 Å². The van der Waals surface area contributed by atoms with Gasteiger partial charge in [-0.3, -0.25) is 4.79 Å². The first-order valence-corrected chi connectivity index (χ1v) is 11.3. The topological polar surface area (TPSA) is 84.9 Å². The molecular weight excluding hydrogens is 406 g/mol.